The molecule has 1 saturated heterocycles. The molecule has 0 aromatic heterocycles. The molecule has 0 unspecified atom stereocenters. The molecule has 6 nitrogen and oxygen atoms in total. The highest BCUT2D eigenvalue weighted by Crippen LogP contribution is 2.32. The lowest BCUT2D eigenvalue weighted by Gasteiger charge is -2.24. The predicted octanol–water partition coefficient (Wildman–Crippen LogP) is 2.89. The van der Waals surface area contributed by atoms with Crippen LogP contribution in [-0.4, -0.2) is 34.8 Å². The minimum atomic E-state index is -0.798. The van der Waals surface area contributed by atoms with Crippen molar-refractivity contribution in [3.8, 4) is 0 Å². The zero-order chi connectivity index (χ0) is 18.0. The van der Waals surface area contributed by atoms with Crippen LogP contribution in [0.3, 0.4) is 0 Å². The number of hydrogen-bond donors (Lipinski definition) is 2. The highest BCUT2D eigenvalue weighted by Gasteiger charge is 2.51. The number of hydrogen-bond acceptors (Lipinski definition) is 3. The summed E-state index contributed by atoms with van der Waals surface area (Å²) >= 11 is 0. The largest absolute Gasteiger partial charge is 0.325 e. The average Bonchev–Trinajstić information content (AvgIpc) is 2.70. The molecule has 134 valence electrons. The summed E-state index contributed by atoms with van der Waals surface area (Å²) in [5.41, 5.74) is 1.97. The first-order valence-corrected chi connectivity index (χ1v) is 8.92. The number of urea groups is 1. The second-order valence-corrected chi connectivity index (χ2v) is 7.24. The molecule has 1 aliphatic carbocycles. The zero-order valence-electron chi connectivity index (χ0n) is 14.9. The van der Waals surface area contributed by atoms with Crippen LogP contribution < -0.4 is 10.6 Å². The van der Waals surface area contributed by atoms with E-state index in [0.29, 0.717) is 18.5 Å². The number of nitrogens with zero attached hydrogens (tertiary/aromatic N) is 1. The SMILES string of the molecule is Cc1cc(C)cc(NC(=O)CN2C(=O)NC3(CCCCCC3)C2=O)c1. The summed E-state index contributed by atoms with van der Waals surface area (Å²) in [5, 5.41) is 5.64. The number of carbonyl (C=O) groups excluding carboxylic acids is 3. The van der Waals surface area contributed by atoms with Crippen LogP contribution in [0.25, 0.3) is 0 Å². The van der Waals surface area contributed by atoms with E-state index in [1.54, 1.807) is 0 Å². The summed E-state index contributed by atoms with van der Waals surface area (Å²) < 4.78 is 0. The average molecular weight is 343 g/mol. The quantitative estimate of drug-likeness (QED) is 0.828. The molecule has 1 aromatic carbocycles. The van der Waals surface area contributed by atoms with E-state index in [4.69, 9.17) is 0 Å². The first-order valence-electron chi connectivity index (χ1n) is 8.92. The fourth-order valence-electron chi connectivity index (χ4n) is 3.88. The van der Waals surface area contributed by atoms with Gasteiger partial charge in [-0.3, -0.25) is 14.5 Å². The molecule has 2 N–H and O–H groups in total. The molecule has 0 bridgehead atoms. The summed E-state index contributed by atoms with van der Waals surface area (Å²) in [5.74, 6) is -0.617. The van der Waals surface area contributed by atoms with Crippen molar-refractivity contribution in [2.45, 2.75) is 57.9 Å². The summed E-state index contributed by atoms with van der Waals surface area (Å²) in [4.78, 5) is 38.5. The van der Waals surface area contributed by atoms with Crippen LogP contribution in [0, 0.1) is 13.8 Å². The lowest BCUT2D eigenvalue weighted by molar-refractivity contribution is -0.134. The Morgan fingerprint density at radius 2 is 1.68 bits per heavy atom. The Morgan fingerprint density at radius 1 is 1.08 bits per heavy atom. The van der Waals surface area contributed by atoms with Gasteiger partial charge in [0.15, 0.2) is 0 Å². The molecular weight excluding hydrogens is 318 g/mol. The van der Waals surface area contributed by atoms with Crippen molar-refractivity contribution >= 4 is 23.5 Å². The molecule has 25 heavy (non-hydrogen) atoms. The molecule has 0 atom stereocenters. The molecule has 3 rings (SSSR count). The van der Waals surface area contributed by atoms with Crippen molar-refractivity contribution in [1.29, 1.82) is 0 Å². The Bertz CT molecular complexity index is 686. The number of benzene rings is 1. The fourth-order valence-corrected chi connectivity index (χ4v) is 3.88. The third-order valence-electron chi connectivity index (χ3n) is 5.01. The fraction of sp³-hybridized carbons (Fsp3) is 0.526. The lowest BCUT2D eigenvalue weighted by Crippen LogP contribution is -2.47. The molecule has 6 heteroatoms. The van der Waals surface area contributed by atoms with E-state index < -0.39 is 11.6 Å². The van der Waals surface area contributed by atoms with Gasteiger partial charge in [0.25, 0.3) is 5.91 Å². The monoisotopic (exact) mass is 343 g/mol. The van der Waals surface area contributed by atoms with Gasteiger partial charge in [-0.15, -0.1) is 0 Å². The van der Waals surface area contributed by atoms with Gasteiger partial charge in [0.2, 0.25) is 5.91 Å². The standard InChI is InChI=1S/C19H25N3O3/c1-13-9-14(2)11-15(10-13)20-16(23)12-22-17(24)19(21-18(22)25)7-5-3-4-6-8-19/h9-11H,3-8,12H2,1-2H3,(H,20,23)(H,21,25). The molecule has 2 aliphatic rings. The predicted molar refractivity (Wildman–Crippen MR) is 95.2 cm³/mol. The highest BCUT2D eigenvalue weighted by atomic mass is 16.2. The first-order chi connectivity index (χ1) is 11.9. The Kier molecular flexibility index (Phi) is 4.79. The topological polar surface area (TPSA) is 78.5 Å². The van der Waals surface area contributed by atoms with Crippen LogP contribution in [0.2, 0.25) is 0 Å². The minimum absolute atomic E-state index is 0.251. The van der Waals surface area contributed by atoms with Crippen LogP contribution in [0.15, 0.2) is 18.2 Å². The van der Waals surface area contributed by atoms with Gasteiger partial charge in [-0.2, -0.15) is 0 Å². The summed E-state index contributed by atoms with van der Waals surface area (Å²) in [7, 11) is 0. The molecule has 4 amide bonds. The summed E-state index contributed by atoms with van der Waals surface area (Å²) in [6.07, 6.45) is 5.33. The van der Waals surface area contributed by atoms with Gasteiger partial charge in [0.1, 0.15) is 12.1 Å². The Labute approximate surface area is 148 Å². The van der Waals surface area contributed by atoms with Gasteiger partial charge in [0.05, 0.1) is 0 Å². The highest BCUT2D eigenvalue weighted by molar-refractivity contribution is 6.10. The number of amides is 4. The van der Waals surface area contributed by atoms with Gasteiger partial charge >= 0.3 is 6.03 Å². The van der Waals surface area contributed by atoms with Gasteiger partial charge < -0.3 is 10.6 Å². The zero-order valence-corrected chi connectivity index (χ0v) is 14.9. The number of carbonyl (C=O) groups is 3. The molecule has 1 aromatic rings. The lowest BCUT2D eigenvalue weighted by atomic mass is 9.90. The van der Waals surface area contributed by atoms with Crippen LogP contribution in [0.5, 0.6) is 0 Å². The van der Waals surface area contributed by atoms with E-state index >= 15 is 0 Å². The third-order valence-corrected chi connectivity index (χ3v) is 5.01. The first kappa shape index (κ1) is 17.5. The van der Waals surface area contributed by atoms with Gasteiger partial charge in [-0.25, -0.2) is 4.79 Å². The van der Waals surface area contributed by atoms with Crippen molar-refractivity contribution in [1.82, 2.24) is 10.2 Å². The second-order valence-electron chi connectivity index (χ2n) is 7.24. The maximum atomic E-state index is 12.8. The molecule has 1 spiro atoms. The Morgan fingerprint density at radius 3 is 2.28 bits per heavy atom. The number of imide groups is 1. The molecule has 1 saturated carbocycles. The van der Waals surface area contributed by atoms with Gasteiger partial charge in [-0.1, -0.05) is 31.7 Å². The maximum absolute atomic E-state index is 12.8. The molecular formula is C19H25N3O3. The third kappa shape index (κ3) is 3.67. The van der Waals surface area contributed by atoms with Crippen molar-refractivity contribution in [3.63, 3.8) is 0 Å². The van der Waals surface area contributed by atoms with Crippen LogP contribution >= 0.6 is 0 Å². The Balaban J connectivity index is 1.68. The van der Waals surface area contributed by atoms with Crippen molar-refractivity contribution in [2.24, 2.45) is 0 Å². The number of anilines is 1. The van der Waals surface area contributed by atoms with E-state index in [9.17, 15) is 14.4 Å². The van der Waals surface area contributed by atoms with Crippen LogP contribution in [0.1, 0.15) is 49.7 Å². The molecule has 1 aliphatic heterocycles. The Hall–Kier alpha value is -2.37. The van der Waals surface area contributed by atoms with E-state index in [0.717, 1.165) is 41.7 Å². The van der Waals surface area contributed by atoms with Gasteiger partial charge in [0, 0.05) is 5.69 Å². The number of nitrogens with one attached hydrogen (secondary N) is 2. The molecule has 2 fully saturated rings. The summed E-state index contributed by atoms with van der Waals surface area (Å²) in [6, 6.07) is 5.29. The molecule has 0 radical (unpaired) electrons. The maximum Gasteiger partial charge on any atom is 0.325 e. The van der Waals surface area contributed by atoms with Gasteiger partial charge in [-0.05, 0) is 49.9 Å². The normalized spacial score (nSPS) is 19.7. The van der Waals surface area contributed by atoms with E-state index in [-0.39, 0.29) is 18.4 Å². The van der Waals surface area contributed by atoms with E-state index in [2.05, 4.69) is 10.6 Å². The van der Waals surface area contributed by atoms with E-state index in [1.165, 1.54) is 0 Å². The number of rotatable bonds is 3. The van der Waals surface area contributed by atoms with Crippen molar-refractivity contribution in [2.75, 3.05) is 11.9 Å². The second kappa shape index (κ2) is 6.86. The van der Waals surface area contributed by atoms with Crippen molar-refractivity contribution < 1.29 is 14.4 Å². The number of aryl methyl sites for hydroxylation is 2. The van der Waals surface area contributed by atoms with Crippen molar-refractivity contribution in [3.05, 3.63) is 29.3 Å². The van der Waals surface area contributed by atoms with Crippen LogP contribution in [-0.2, 0) is 9.59 Å². The smallest absolute Gasteiger partial charge is 0.325 e. The minimum Gasteiger partial charge on any atom is -0.325 e. The summed E-state index contributed by atoms with van der Waals surface area (Å²) in [6.45, 7) is 3.66. The molecule has 1 heterocycles. The van der Waals surface area contributed by atoms with E-state index in [1.807, 2.05) is 32.0 Å². The van der Waals surface area contributed by atoms with Crippen LogP contribution in [0.4, 0.5) is 10.5 Å².